The molecule has 2 saturated heterocycles. The number of benzene rings is 2. The molecule has 3 aliphatic heterocycles. The molecule has 0 radical (unpaired) electrons. The lowest BCUT2D eigenvalue weighted by Gasteiger charge is -2.31. The molecule has 1 N–H and O–H groups in total. The highest BCUT2D eigenvalue weighted by atomic mass is 32.2. The first kappa shape index (κ1) is 27.1. The van der Waals surface area contributed by atoms with Gasteiger partial charge in [-0.2, -0.15) is 4.31 Å². The molecule has 2 fully saturated rings. The van der Waals surface area contributed by atoms with E-state index in [0.717, 1.165) is 29.2 Å². The van der Waals surface area contributed by atoms with Gasteiger partial charge in [0.05, 0.1) is 10.8 Å². The summed E-state index contributed by atoms with van der Waals surface area (Å²) in [6.07, 6.45) is 0.433. The van der Waals surface area contributed by atoms with Gasteiger partial charge in [-0.1, -0.05) is 31.2 Å². The first-order chi connectivity index (χ1) is 18.6. The second-order valence-electron chi connectivity index (χ2n) is 10.4. The van der Waals surface area contributed by atoms with Crippen LogP contribution in [0.4, 0.5) is 10.5 Å². The van der Waals surface area contributed by atoms with Gasteiger partial charge >= 0.3 is 12.0 Å². The summed E-state index contributed by atoms with van der Waals surface area (Å²) in [5, 5.41) is 2.75. The zero-order chi connectivity index (χ0) is 27.9. The lowest BCUT2D eigenvalue weighted by atomic mass is 9.82. The molecule has 3 heterocycles. The average Bonchev–Trinajstić information content (AvgIpc) is 3.46. The van der Waals surface area contributed by atoms with Gasteiger partial charge in [-0.3, -0.25) is 14.5 Å². The minimum Gasteiger partial charge on any atom is -0.426 e. The van der Waals surface area contributed by atoms with Gasteiger partial charge in [-0.25, -0.2) is 13.2 Å². The first-order valence-corrected chi connectivity index (χ1v) is 14.8. The number of nitrogens with one attached hydrogen (secondary N) is 1. The van der Waals surface area contributed by atoms with Gasteiger partial charge in [0.15, 0.2) is 0 Å². The Morgan fingerprint density at radius 1 is 1.08 bits per heavy atom. The fraction of sp³-hybridized carbons (Fsp3) is 0.464. The number of amides is 3. The van der Waals surface area contributed by atoms with Crippen molar-refractivity contribution in [2.45, 2.75) is 50.0 Å². The first-order valence-electron chi connectivity index (χ1n) is 13.4. The van der Waals surface area contributed by atoms with E-state index in [1.54, 1.807) is 18.2 Å². The van der Waals surface area contributed by atoms with E-state index in [9.17, 15) is 22.8 Å². The summed E-state index contributed by atoms with van der Waals surface area (Å²) in [4.78, 5) is 42.7. The zero-order valence-corrected chi connectivity index (χ0v) is 23.2. The third kappa shape index (κ3) is 4.67. The molecule has 0 saturated carbocycles. The highest BCUT2D eigenvalue weighted by molar-refractivity contribution is 7.89. The predicted molar refractivity (Wildman–Crippen MR) is 145 cm³/mol. The fourth-order valence-electron chi connectivity index (χ4n) is 5.89. The molecule has 2 aromatic carbocycles. The monoisotopic (exact) mass is 554 g/mol. The van der Waals surface area contributed by atoms with Crippen molar-refractivity contribution < 1.29 is 27.5 Å². The predicted octanol–water partition coefficient (Wildman–Crippen LogP) is 2.95. The number of fused-ring (bicyclic) bond motifs is 1. The number of carbonyl (C=O) groups excluding carboxylic acids is 3. The maximum atomic E-state index is 13.4. The van der Waals surface area contributed by atoms with Crippen LogP contribution >= 0.6 is 0 Å². The Bertz CT molecular complexity index is 1390. The number of hydrogen-bond donors (Lipinski definition) is 1. The number of hydrogen-bond acceptors (Lipinski definition) is 7. The SMILES string of the molecule is CCN(CC)c1ccc2c(c1)OC(=O)C(CCN1C(=O)NC3(CCN(S(=O)(=O)c4ccccc4)C3)C1=O)C2C. The van der Waals surface area contributed by atoms with Crippen LogP contribution in [0.2, 0.25) is 0 Å². The van der Waals surface area contributed by atoms with E-state index in [4.69, 9.17) is 4.74 Å². The van der Waals surface area contributed by atoms with Crippen molar-refractivity contribution in [3.63, 3.8) is 0 Å². The fourth-order valence-corrected chi connectivity index (χ4v) is 7.41. The number of rotatable bonds is 8. The van der Waals surface area contributed by atoms with Crippen LogP contribution < -0.4 is 15.0 Å². The van der Waals surface area contributed by atoms with Gasteiger partial charge in [0.25, 0.3) is 5.91 Å². The number of urea groups is 1. The summed E-state index contributed by atoms with van der Waals surface area (Å²) in [6.45, 7) is 7.80. The third-order valence-electron chi connectivity index (χ3n) is 8.26. The van der Waals surface area contributed by atoms with Crippen molar-refractivity contribution in [2.75, 3.05) is 37.6 Å². The summed E-state index contributed by atoms with van der Waals surface area (Å²) in [6, 6.07) is 13.4. The Morgan fingerprint density at radius 2 is 1.79 bits per heavy atom. The van der Waals surface area contributed by atoms with Crippen molar-refractivity contribution in [1.29, 1.82) is 0 Å². The number of ether oxygens (including phenoxy) is 1. The summed E-state index contributed by atoms with van der Waals surface area (Å²) >= 11 is 0. The molecular weight excluding hydrogens is 520 g/mol. The van der Waals surface area contributed by atoms with E-state index in [1.165, 1.54) is 16.4 Å². The molecule has 3 unspecified atom stereocenters. The number of sulfonamides is 1. The number of anilines is 1. The maximum Gasteiger partial charge on any atom is 0.325 e. The van der Waals surface area contributed by atoms with Crippen LogP contribution in [0.25, 0.3) is 0 Å². The van der Waals surface area contributed by atoms with Crippen LogP contribution in [-0.4, -0.2) is 73.8 Å². The normalized spacial score (nSPS) is 25.1. The molecule has 5 rings (SSSR count). The molecular formula is C28H34N4O6S. The molecule has 2 aromatic rings. The van der Waals surface area contributed by atoms with E-state index in [2.05, 4.69) is 24.1 Å². The number of carbonyl (C=O) groups is 3. The maximum absolute atomic E-state index is 13.4. The molecule has 208 valence electrons. The summed E-state index contributed by atoms with van der Waals surface area (Å²) in [5.41, 5.74) is 0.605. The minimum absolute atomic E-state index is 0.0365. The molecule has 3 atom stereocenters. The van der Waals surface area contributed by atoms with Crippen LogP contribution in [-0.2, 0) is 19.6 Å². The highest BCUT2D eigenvalue weighted by Gasteiger charge is 2.56. The number of nitrogens with zero attached hydrogens (tertiary/aromatic N) is 3. The highest BCUT2D eigenvalue weighted by Crippen LogP contribution is 2.41. The summed E-state index contributed by atoms with van der Waals surface area (Å²) in [7, 11) is -3.80. The van der Waals surface area contributed by atoms with Gasteiger partial charge in [-0.15, -0.1) is 0 Å². The van der Waals surface area contributed by atoms with Crippen LogP contribution in [0.1, 0.15) is 45.1 Å². The van der Waals surface area contributed by atoms with Crippen LogP contribution in [0.5, 0.6) is 5.75 Å². The molecule has 3 aliphatic rings. The Labute approximate surface area is 228 Å². The van der Waals surface area contributed by atoms with Crippen molar-refractivity contribution in [1.82, 2.24) is 14.5 Å². The molecule has 1 spiro atoms. The zero-order valence-electron chi connectivity index (χ0n) is 22.4. The van der Waals surface area contributed by atoms with Gasteiger partial charge in [0.1, 0.15) is 11.3 Å². The average molecular weight is 555 g/mol. The Hall–Kier alpha value is -3.44. The lowest BCUT2D eigenvalue weighted by molar-refractivity contribution is -0.142. The van der Waals surface area contributed by atoms with Gasteiger partial charge in [-0.05, 0) is 56.4 Å². The van der Waals surface area contributed by atoms with Crippen molar-refractivity contribution in [3.8, 4) is 5.75 Å². The second kappa shape index (κ2) is 10.3. The topological polar surface area (TPSA) is 116 Å². The molecule has 11 heteroatoms. The van der Waals surface area contributed by atoms with Crippen molar-refractivity contribution in [2.24, 2.45) is 5.92 Å². The van der Waals surface area contributed by atoms with Crippen LogP contribution in [0, 0.1) is 5.92 Å². The van der Waals surface area contributed by atoms with E-state index in [0.29, 0.717) is 5.75 Å². The van der Waals surface area contributed by atoms with Gasteiger partial charge in [0.2, 0.25) is 10.0 Å². The standard InChI is InChI=1S/C28H34N4O6S/c1-4-30(5-2)20-11-12-22-19(3)23(25(33)38-24(22)17-20)13-15-32-26(34)28(29-27(32)35)14-16-31(18-28)39(36,37)21-9-7-6-8-10-21/h6-12,17,19,23H,4-5,13-16,18H2,1-3H3,(H,29,35). The Kier molecular flexibility index (Phi) is 7.15. The number of esters is 1. The van der Waals surface area contributed by atoms with Gasteiger partial charge < -0.3 is 15.0 Å². The van der Waals surface area contributed by atoms with Gasteiger partial charge in [0, 0.05) is 44.5 Å². The Balaban J connectivity index is 1.27. The smallest absolute Gasteiger partial charge is 0.325 e. The second-order valence-corrected chi connectivity index (χ2v) is 12.3. The third-order valence-corrected chi connectivity index (χ3v) is 10.1. The van der Waals surface area contributed by atoms with Crippen molar-refractivity contribution in [3.05, 3.63) is 54.1 Å². The molecule has 0 aromatic heterocycles. The quantitative estimate of drug-likeness (QED) is 0.303. The summed E-state index contributed by atoms with van der Waals surface area (Å²) in [5.74, 6) is -0.964. The van der Waals surface area contributed by atoms with E-state index in [1.807, 2.05) is 25.1 Å². The molecule has 0 aliphatic carbocycles. The van der Waals surface area contributed by atoms with Crippen LogP contribution in [0.3, 0.4) is 0 Å². The van der Waals surface area contributed by atoms with Crippen molar-refractivity contribution >= 4 is 33.6 Å². The van der Waals surface area contributed by atoms with Crippen LogP contribution in [0.15, 0.2) is 53.4 Å². The van der Waals surface area contributed by atoms with E-state index < -0.39 is 33.4 Å². The Morgan fingerprint density at radius 3 is 2.49 bits per heavy atom. The van der Waals surface area contributed by atoms with E-state index >= 15 is 0 Å². The number of imide groups is 1. The molecule has 10 nitrogen and oxygen atoms in total. The summed E-state index contributed by atoms with van der Waals surface area (Å²) < 4.78 is 33.1. The molecule has 3 amide bonds. The lowest BCUT2D eigenvalue weighted by Crippen LogP contribution is -2.50. The minimum atomic E-state index is -3.80. The molecule has 0 bridgehead atoms. The molecule has 39 heavy (non-hydrogen) atoms. The largest absolute Gasteiger partial charge is 0.426 e. The van der Waals surface area contributed by atoms with E-state index in [-0.39, 0.29) is 49.3 Å².